The summed E-state index contributed by atoms with van der Waals surface area (Å²) >= 11 is 0. The Kier molecular flexibility index (Phi) is 3.77. The molecule has 2 atom stereocenters. The molecule has 2 N–H and O–H groups in total. The zero-order valence-corrected chi connectivity index (χ0v) is 8.56. The Morgan fingerprint density at radius 3 is 2.92 bits per heavy atom. The first-order chi connectivity index (χ1) is 6.17. The van der Waals surface area contributed by atoms with E-state index < -0.39 is 5.60 Å². The highest BCUT2D eigenvalue weighted by Crippen LogP contribution is 2.23. The Hall–Kier alpha value is -0.520. The molecule has 0 aromatic heterocycles. The van der Waals surface area contributed by atoms with Crippen molar-refractivity contribution in [1.82, 2.24) is 5.32 Å². The molecule has 0 bridgehead atoms. The summed E-state index contributed by atoms with van der Waals surface area (Å²) < 4.78 is 0. The predicted molar refractivity (Wildman–Crippen MR) is 54.3 cm³/mol. The standard InChI is InChI=1S/C11H19NO/c1-3-4-5-8-11(2,13)10-7-6-9-12-10/h10,12-13H,5-9H2,1-2H3. The van der Waals surface area contributed by atoms with Crippen LogP contribution in [-0.4, -0.2) is 23.3 Å². The Labute approximate surface area is 80.7 Å². The quantitative estimate of drug-likeness (QED) is 0.643. The third-order valence-corrected chi connectivity index (χ3v) is 2.74. The molecule has 13 heavy (non-hydrogen) atoms. The summed E-state index contributed by atoms with van der Waals surface area (Å²) in [6, 6.07) is 0.270. The molecule has 0 aliphatic carbocycles. The van der Waals surface area contributed by atoms with Gasteiger partial charge in [-0.15, -0.1) is 11.8 Å². The summed E-state index contributed by atoms with van der Waals surface area (Å²) in [5, 5.41) is 13.4. The number of rotatable bonds is 3. The van der Waals surface area contributed by atoms with E-state index in [1.54, 1.807) is 0 Å². The van der Waals surface area contributed by atoms with E-state index in [0.29, 0.717) is 0 Å². The Morgan fingerprint density at radius 1 is 1.62 bits per heavy atom. The minimum absolute atomic E-state index is 0.270. The molecular formula is C11H19NO. The van der Waals surface area contributed by atoms with Gasteiger partial charge in [0.05, 0.1) is 5.60 Å². The van der Waals surface area contributed by atoms with E-state index >= 15 is 0 Å². The van der Waals surface area contributed by atoms with Crippen LogP contribution in [0.25, 0.3) is 0 Å². The molecule has 1 saturated heterocycles. The van der Waals surface area contributed by atoms with Gasteiger partial charge in [-0.05, 0) is 39.7 Å². The molecule has 0 aromatic carbocycles. The third-order valence-electron chi connectivity index (χ3n) is 2.74. The smallest absolute Gasteiger partial charge is 0.0781 e. The van der Waals surface area contributed by atoms with Crippen molar-refractivity contribution in [3.8, 4) is 11.8 Å². The minimum Gasteiger partial charge on any atom is -0.389 e. The summed E-state index contributed by atoms with van der Waals surface area (Å²) in [7, 11) is 0. The van der Waals surface area contributed by atoms with E-state index in [1.165, 1.54) is 6.42 Å². The van der Waals surface area contributed by atoms with Crippen molar-refractivity contribution in [2.45, 2.75) is 51.2 Å². The van der Waals surface area contributed by atoms with Crippen molar-refractivity contribution in [3.05, 3.63) is 0 Å². The largest absolute Gasteiger partial charge is 0.389 e. The molecular weight excluding hydrogens is 162 g/mol. The first-order valence-corrected chi connectivity index (χ1v) is 5.02. The summed E-state index contributed by atoms with van der Waals surface area (Å²) in [6.07, 6.45) is 3.83. The van der Waals surface area contributed by atoms with Crippen LogP contribution in [0.2, 0.25) is 0 Å². The third kappa shape index (κ3) is 3.02. The molecule has 2 nitrogen and oxygen atoms in total. The lowest BCUT2D eigenvalue weighted by molar-refractivity contribution is 0.0190. The Bertz CT molecular complexity index is 206. The molecule has 1 fully saturated rings. The molecule has 0 amide bonds. The highest BCUT2D eigenvalue weighted by Gasteiger charge is 2.32. The molecule has 0 aromatic rings. The van der Waals surface area contributed by atoms with Crippen LogP contribution in [0.15, 0.2) is 0 Å². The molecule has 0 saturated carbocycles. The Balaban J connectivity index is 2.37. The SMILES string of the molecule is CC#CCCC(C)(O)C1CCCN1. The number of aliphatic hydroxyl groups is 1. The van der Waals surface area contributed by atoms with Crippen molar-refractivity contribution < 1.29 is 5.11 Å². The van der Waals surface area contributed by atoms with E-state index in [0.717, 1.165) is 25.8 Å². The van der Waals surface area contributed by atoms with Crippen molar-refractivity contribution >= 4 is 0 Å². The summed E-state index contributed by atoms with van der Waals surface area (Å²) in [5.74, 6) is 5.84. The highest BCUT2D eigenvalue weighted by molar-refractivity contribution is 4.99. The van der Waals surface area contributed by atoms with Gasteiger partial charge in [0.1, 0.15) is 0 Å². The maximum Gasteiger partial charge on any atom is 0.0781 e. The lowest BCUT2D eigenvalue weighted by Crippen LogP contribution is -2.45. The molecule has 1 rings (SSSR count). The molecule has 1 aliphatic rings. The van der Waals surface area contributed by atoms with Crippen LogP contribution in [-0.2, 0) is 0 Å². The van der Waals surface area contributed by atoms with Crippen LogP contribution in [0.5, 0.6) is 0 Å². The maximum absolute atomic E-state index is 10.1. The van der Waals surface area contributed by atoms with Gasteiger partial charge < -0.3 is 10.4 Å². The van der Waals surface area contributed by atoms with Crippen LogP contribution in [0.4, 0.5) is 0 Å². The second kappa shape index (κ2) is 4.64. The molecule has 2 heteroatoms. The second-order valence-electron chi connectivity index (χ2n) is 3.93. The first-order valence-electron chi connectivity index (χ1n) is 5.02. The fourth-order valence-electron chi connectivity index (χ4n) is 1.83. The Morgan fingerprint density at radius 2 is 2.38 bits per heavy atom. The van der Waals surface area contributed by atoms with E-state index in [-0.39, 0.29) is 6.04 Å². The molecule has 1 aliphatic heterocycles. The average molecular weight is 181 g/mol. The number of nitrogens with one attached hydrogen (secondary N) is 1. The van der Waals surface area contributed by atoms with Gasteiger partial charge in [-0.25, -0.2) is 0 Å². The van der Waals surface area contributed by atoms with Crippen molar-refractivity contribution in [3.63, 3.8) is 0 Å². The number of hydrogen-bond acceptors (Lipinski definition) is 2. The number of hydrogen-bond donors (Lipinski definition) is 2. The van der Waals surface area contributed by atoms with Crippen LogP contribution in [0.3, 0.4) is 0 Å². The second-order valence-corrected chi connectivity index (χ2v) is 3.93. The first kappa shape index (κ1) is 10.6. The zero-order chi connectivity index (χ0) is 9.73. The molecule has 0 spiro atoms. The van der Waals surface area contributed by atoms with Crippen LogP contribution < -0.4 is 5.32 Å². The topological polar surface area (TPSA) is 32.3 Å². The monoisotopic (exact) mass is 181 g/mol. The van der Waals surface area contributed by atoms with Gasteiger partial charge in [-0.3, -0.25) is 0 Å². The predicted octanol–water partition coefficient (Wildman–Crippen LogP) is 1.29. The summed E-state index contributed by atoms with van der Waals surface area (Å²) in [4.78, 5) is 0. The highest BCUT2D eigenvalue weighted by atomic mass is 16.3. The fourth-order valence-corrected chi connectivity index (χ4v) is 1.83. The lowest BCUT2D eigenvalue weighted by atomic mass is 9.90. The average Bonchev–Trinajstić information content (AvgIpc) is 2.56. The summed E-state index contributed by atoms with van der Waals surface area (Å²) in [5.41, 5.74) is -0.583. The lowest BCUT2D eigenvalue weighted by Gasteiger charge is -2.29. The van der Waals surface area contributed by atoms with E-state index in [9.17, 15) is 5.11 Å². The van der Waals surface area contributed by atoms with Crippen LogP contribution >= 0.6 is 0 Å². The van der Waals surface area contributed by atoms with Crippen LogP contribution in [0, 0.1) is 11.8 Å². The molecule has 2 unspecified atom stereocenters. The van der Waals surface area contributed by atoms with Gasteiger partial charge >= 0.3 is 0 Å². The van der Waals surface area contributed by atoms with Crippen molar-refractivity contribution in [2.24, 2.45) is 0 Å². The molecule has 1 heterocycles. The normalized spacial score (nSPS) is 26.2. The van der Waals surface area contributed by atoms with Crippen molar-refractivity contribution in [1.29, 1.82) is 0 Å². The van der Waals surface area contributed by atoms with E-state index in [2.05, 4.69) is 17.2 Å². The van der Waals surface area contributed by atoms with Gasteiger partial charge in [0.2, 0.25) is 0 Å². The van der Waals surface area contributed by atoms with Gasteiger partial charge in [0.15, 0.2) is 0 Å². The molecule has 74 valence electrons. The van der Waals surface area contributed by atoms with E-state index in [1.807, 2.05) is 13.8 Å². The minimum atomic E-state index is -0.583. The maximum atomic E-state index is 10.1. The van der Waals surface area contributed by atoms with Gasteiger partial charge in [-0.2, -0.15) is 0 Å². The van der Waals surface area contributed by atoms with Gasteiger partial charge in [-0.1, -0.05) is 0 Å². The van der Waals surface area contributed by atoms with Crippen LogP contribution in [0.1, 0.15) is 39.5 Å². The fraction of sp³-hybridized carbons (Fsp3) is 0.818. The van der Waals surface area contributed by atoms with Gasteiger partial charge in [0.25, 0.3) is 0 Å². The van der Waals surface area contributed by atoms with Gasteiger partial charge in [0, 0.05) is 12.5 Å². The summed E-state index contributed by atoms with van der Waals surface area (Å²) in [6.45, 7) is 4.79. The molecule has 0 radical (unpaired) electrons. The zero-order valence-electron chi connectivity index (χ0n) is 8.56. The van der Waals surface area contributed by atoms with E-state index in [4.69, 9.17) is 0 Å². The van der Waals surface area contributed by atoms with Crippen molar-refractivity contribution in [2.75, 3.05) is 6.54 Å².